The van der Waals surface area contributed by atoms with Crippen molar-refractivity contribution < 1.29 is 4.79 Å². The predicted octanol–water partition coefficient (Wildman–Crippen LogP) is 1.66. The van der Waals surface area contributed by atoms with E-state index in [1.54, 1.807) is 0 Å². The number of nitrogens with zero attached hydrogens (tertiary/aromatic N) is 2. The van der Waals surface area contributed by atoms with Crippen molar-refractivity contribution in [2.24, 2.45) is 11.7 Å². The van der Waals surface area contributed by atoms with E-state index in [0.29, 0.717) is 5.92 Å². The molecule has 2 N–H and O–H groups in total. The van der Waals surface area contributed by atoms with Crippen molar-refractivity contribution in [2.45, 2.75) is 20.8 Å². The van der Waals surface area contributed by atoms with Crippen molar-refractivity contribution in [1.82, 2.24) is 9.80 Å². The van der Waals surface area contributed by atoms with Crippen LogP contribution in [0.15, 0.2) is 18.2 Å². The summed E-state index contributed by atoms with van der Waals surface area (Å²) >= 11 is 0. The minimum atomic E-state index is 0.178. The third kappa shape index (κ3) is 3.83. The van der Waals surface area contributed by atoms with Gasteiger partial charge in [0.25, 0.3) is 5.91 Å². The molecule has 0 radical (unpaired) electrons. The third-order valence-electron chi connectivity index (χ3n) is 4.33. The van der Waals surface area contributed by atoms with Crippen LogP contribution in [0.2, 0.25) is 0 Å². The van der Waals surface area contributed by atoms with Crippen LogP contribution in [0.1, 0.15) is 28.4 Å². The zero-order valence-corrected chi connectivity index (χ0v) is 13.4. The molecule has 0 aliphatic carbocycles. The Hall–Kier alpha value is -1.39. The van der Waals surface area contributed by atoms with E-state index in [1.165, 1.54) is 0 Å². The van der Waals surface area contributed by atoms with E-state index in [9.17, 15) is 4.79 Å². The fraction of sp³-hybridized carbons (Fsp3) is 0.588. The first-order valence-electron chi connectivity index (χ1n) is 7.80. The lowest BCUT2D eigenvalue weighted by Gasteiger charge is -2.36. The molecule has 0 bridgehead atoms. The maximum absolute atomic E-state index is 12.7. The molecule has 21 heavy (non-hydrogen) atoms. The smallest absolute Gasteiger partial charge is 0.254 e. The Kier molecular flexibility index (Phi) is 5.37. The van der Waals surface area contributed by atoms with E-state index >= 15 is 0 Å². The average molecular weight is 289 g/mol. The number of carbonyl (C=O) groups is 1. The second-order valence-corrected chi connectivity index (χ2v) is 6.20. The Labute approximate surface area is 127 Å². The highest BCUT2D eigenvalue weighted by Gasteiger charge is 2.24. The van der Waals surface area contributed by atoms with Gasteiger partial charge in [-0.15, -0.1) is 0 Å². The zero-order chi connectivity index (χ0) is 15.4. The number of rotatable bonds is 4. The molecule has 1 atom stereocenters. The number of hydrogen-bond donors (Lipinski definition) is 1. The van der Waals surface area contributed by atoms with Crippen molar-refractivity contribution in [2.75, 3.05) is 39.3 Å². The molecular weight excluding hydrogens is 262 g/mol. The minimum absolute atomic E-state index is 0.178. The van der Waals surface area contributed by atoms with Crippen LogP contribution >= 0.6 is 0 Å². The SMILES string of the molecule is Cc1cccc(C)c1C(=O)N1CCN(CC(C)CN)CC1. The van der Waals surface area contributed by atoms with Gasteiger partial charge in [-0.25, -0.2) is 0 Å². The Balaban J connectivity index is 1.97. The number of aryl methyl sites for hydroxylation is 2. The summed E-state index contributed by atoms with van der Waals surface area (Å²) in [5.41, 5.74) is 8.70. The van der Waals surface area contributed by atoms with E-state index in [2.05, 4.69) is 11.8 Å². The Morgan fingerprint density at radius 1 is 1.19 bits per heavy atom. The van der Waals surface area contributed by atoms with Crippen molar-refractivity contribution in [3.8, 4) is 0 Å². The van der Waals surface area contributed by atoms with Gasteiger partial charge < -0.3 is 10.6 Å². The van der Waals surface area contributed by atoms with Crippen LogP contribution in [-0.2, 0) is 0 Å². The Morgan fingerprint density at radius 2 is 1.76 bits per heavy atom. The molecule has 1 aromatic carbocycles. The van der Waals surface area contributed by atoms with Gasteiger partial charge >= 0.3 is 0 Å². The van der Waals surface area contributed by atoms with Crippen LogP contribution in [0, 0.1) is 19.8 Å². The van der Waals surface area contributed by atoms with Crippen LogP contribution in [0.25, 0.3) is 0 Å². The Bertz CT molecular complexity index is 473. The number of carbonyl (C=O) groups excluding carboxylic acids is 1. The first-order chi connectivity index (χ1) is 10.0. The molecule has 0 spiro atoms. The summed E-state index contributed by atoms with van der Waals surface area (Å²) in [5.74, 6) is 0.697. The Morgan fingerprint density at radius 3 is 2.29 bits per heavy atom. The predicted molar refractivity (Wildman–Crippen MR) is 86.5 cm³/mol. The lowest BCUT2D eigenvalue weighted by molar-refractivity contribution is 0.0620. The van der Waals surface area contributed by atoms with E-state index in [1.807, 2.05) is 36.9 Å². The molecule has 116 valence electrons. The van der Waals surface area contributed by atoms with Gasteiger partial charge in [-0.05, 0) is 37.4 Å². The molecule has 1 unspecified atom stereocenters. The zero-order valence-electron chi connectivity index (χ0n) is 13.4. The maximum atomic E-state index is 12.7. The summed E-state index contributed by atoms with van der Waals surface area (Å²) < 4.78 is 0. The first kappa shape index (κ1) is 16.0. The van der Waals surface area contributed by atoms with Gasteiger partial charge in [-0.1, -0.05) is 25.1 Å². The van der Waals surface area contributed by atoms with Crippen LogP contribution in [0.4, 0.5) is 0 Å². The average Bonchev–Trinajstić information content (AvgIpc) is 2.47. The van der Waals surface area contributed by atoms with Gasteiger partial charge in [0.15, 0.2) is 0 Å². The standard InChI is InChI=1S/C17H27N3O/c1-13(11-18)12-19-7-9-20(10-8-19)17(21)16-14(2)5-4-6-15(16)3/h4-6,13H,7-12,18H2,1-3H3. The number of nitrogens with two attached hydrogens (primary N) is 1. The highest BCUT2D eigenvalue weighted by molar-refractivity contribution is 5.97. The van der Waals surface area contributed by atoms with Crippen LogP contribution in [0.3, 0.4) is 0 Å². The molecule has 1 saturated heterocycles. The fourth-order valence-electron chi connectivity index (χ4n) is 2.96. The van der Waals surface area contributed by atoms with E-state index in [0.717, 1.165) is 56.0 Å². The summed E-state index contributed by atoms with van der Waals surface area (Å²) in [6.07, 6.45) is 0. The highest BCUT2D eigenvalue weighted by atomic mass is 16.2. The molecule has 4 heteroatoms. The molecule has 1 aliphatic rings. The minimum Gasteiger partial charge on any atom is -0.336 e. The first-order valence-corrected chi connectivity index (χ1v) is 7.80. The lowest BCUT2D eigenvalue weighted by atomic mass is 10.0. The quantitative estimate of drug-likeness (QED) is 0.917. The second-order valence-electron chi connectivity index (χ2n) is 6.20. The van der Waals surface area contributed by atoms with E-state index in [4.69, 9.17) is 5.73 Å². The summed E-state index contributed by atoms with van der Waals surface area (Å²) in [6, 6.07) is 6.03. The monoisotopic (exact) mass is 289 g/mol. The number of amides is 1. The molecule has 1 fully saturated rings. The lowest BCUT2D eigenvalue weighted by Crippen LogP contribution is -2.50. The molecule has 1 amide bonds. The van der Waals surface area contributed by atoms with Crippen LogP contribution in [0.5, 0.6) is 0 Å². The van der Waals surface area contributed by atoms with Crippen molar-refractivity contribution in [3.63, 3.8) is 0 Å². The molecule has 0 saturated carbocycles. The third-order valence-corrected chi connectivity index (χ3v) is 4.33. The van der Waals surface area contributed by atoms with Crippen LogP contribution < -0.4 is 5.73 Å². The fourth-order valence-corrected chi connectivity index (χ4v) is 2.96. The van der Waals surface area contributed by atoms with Crippen molar-refractivity contribution >= 4 is 5.91 Å². The number of piperazine rings is 1. The maximum Gasteiger partial charge on any atom is 0.254 e. The van der Waals surface area contributed by atoms with Gasteiger partial charge in [0.2, 0.25) is 0 Å². The van der Waals surface area contributed by atoms with E-state index in [-0.39, 0.29) is 5.91 Å². The van der Waals surface area contributed by atoms with Gasteiger partial charge in [0, 0.05) is 38.3 Å². The normalized spacial score (nSPS) is 17.8. The highest BCUT2D eigenvalue weighted by Crippen LogP contribution is 2.17. The summed E-state index contributed by atoms with van der Waals surface area (Å²) in [6.45, 7) is 11.5. The molecule has 1 heterocycles. The molecule has 1 aliphatic heterocycles. The molecule has 0 aromatic heterocycles. The summed E-state index contributed by atoms with van der Waals surface area (Å²) in [5, 5.41) is 0. The van der Waals surface area contributed by atoms with Crippen molar-refractivity contribution in [3.05, 3.63) is 34.9 Å². The molecule has 4 nitrogen and oxygen atoms in total. The largest absolute Gasteiger partial charge is 0.336 e. The van der Waals surface area contributed by atoms with Gasteiger partial charge in [-0.2, -0.15) is 0 Å². The molecule has 2 rings (SSSR count). The topological polar surface area (TPSA) is 49.6 Å². The van der Waals surface area contributed by atoms with Crippen LogP contribution in [-0.4, -0.2) is 55.0 Å². The van der Waals surface area contributed by atoms with Gasteiger partial charge in [0.05, 0.1) is 0 Å². The van der Waals surface area contributed by atoms with Gasteiger partial charge in [-0.3, -0.25) is 9.69 Å². The second kappa shape index (κ2) is 7.05. The number of benzene rings is 1. The summed E-state index contributed by atoms with van der Waals surface area (Å²) in [4.78, 5) is 17.1. The van der Waals surface area contributed by atoms with E-state index < -0.39 is 0 Å². The summed E-state index contributed by atoms with van der Waals surface area (Å²) in [7, 11) is 0. The van der Waals surface area contributed by atoms with Gasteiger partial charge in [0.1, 0.15) is 0 Å². The molecular formula is C17H27N3O. The van der Waals surface area contributed by atoms with Crippen molar-refractivity contribution in [1.29, 1.82) is 0 Å². The number of hydrogen-bond acceptors (Lipinski definition) is 3. The molecule has 1 aromatic rings.